The summed E-state index contributed by atoms with van der Waals surface area (Å²) >= 11 is 4.95. The Bertz CT molecular complexity index is 871. The van der Waals surface area contributed by atoms with Crippen LogP contribution in [0.4, 0.5) is 0 Å². The molecule has 0 heterocycles. The smallest absolute Gasteiger partial charge is 0.306 e. The fourth-order valence-electron chi connectivity index (χ4n) is 2.41. The molecule has 0 saturated carbocycles. The zero-order valence-electron chi connectivity index (χ0n) is 16.1. The van der Waals surface area contributed by atoms with Gasteiger partial charge in [-0.1, -0.05) is 48.0 Å². The lowest BCUT2D eigenvalue weighted by molar-refractivity contribution is -0.144. The van der Waals surface area contributed by atoms with E-state index < -0.39 is 11.9 Å². The summed E-state index contributed by atoms with van der Waals surface area (Å²) < 4.78 is 5.11. The standard InChI is InChI=1S/C21H23N3O4S/c1-15-6-5-9-17(14-15)20(27)23-24-21(29)22-18(25)10-11-19(26)28-13-12-16-7-3-2-4-8-16/h2-9,14H,10-13H2,1H3,(H,23,27)(H2,22,24,25,29). The molecule has 0 aromatic heterocycles. The molecule has 152 valence electrons. The van der Waals surface area contributed by atoms with Gasteiger partial charge >= 0.3 is 5.97 Å². The lowest BCUT2D eigenvalue weighted by atomic mass is 10.1. The number of thiocarbonyl (C=S) groups is 1. The monoisotopic (exact) mass is 413 g/mol. The van der Waals surface area contributed by atoms with Crippen molar-refractivity contribution in [1.82, 2.24) is 16.2 Å². The summed E-state index contributed by atoms with van der Waals surface area (Å²) in [4.78, 5) is 35.6. The van der Waals surface area contributed by atoms with Crippen LogP contribution in [0.15, 0.2) is 54.6 Å². The molecule has 2 aromatic rings. The van der Waals surface area contributed by atoms with Crippen molar-refractivity contribution in [3.63, 3.8) is 0 Å². The number of amides is 2. The van der Waals surface area contributed by atoms with Crippen molar-refractivity contribution in [2.24, 2.45) is 0 Å². The normalized spacial score (nSPS) is 9.97. The van der Waals surface area contributed by atoms with E-state index >= 15 is 0 Å². The number of hydrazine groups is 1. The van der Waals surface area contributed by atoms with Crippen molar-refractivity contribution >= 4 is 35.1 Å². The third kappa shape index (κ3) is 8.52. The molecular formula is C21H23N3O4S. The number of carbonyl (C=O) groups excluding carboxylic acids is 3. The Labute approximate surface area is 174 Å². The van der Waals surface area contributed by atoms with E-state index in [-0.39, 0.29) is 30.5 Å². The molecule has 0 saturated heterocycles. The molecule has 29 heavy (non-hydrogen) atoms. The van der Waals surface area contributed by atoms with E-state index in [9.17, 15) is 14.4 Å². The van der Waals surface area contributed by atoms with E-state index in [1.807, 2.05) is 43.3 Å². The summed E-state index contributed by atoms with van der Waals surface area (Å²) in [5.74, 6) is -1.29. The van der Waals surface area contributed by atoms with Crippen LogP contribution in [0.25, 0.3) is 0 Å². The Morgan fingerprint density at radius 2 is 1.72 bits per heavy atom. The highest BCUT2D eigenvalue weighted by molar-refractivity contribution is 7.80. The maximum absolute atomic E-state index is 12.0. The van der Waals surface area contributed by atoms with Crippen molar-refractivity contribution in [1.29, 1.82) is 0 Å². The Morgan fingerprint density at radius 1 is 0.966 bits per heavy atom. The zero-order chi connectivity index (χ0) is 21.1. The molecule has 2 aromatic carbocycles. The van der Waals surface area contributed by atoms with Crippen LogP contribution >= 0.6 is 12.2 Å². The van der Waals surface area contributed by atoms with Gasteiger partial charge < -0.3 is 10.1 Å². The van der Waals surface area contributed by atoms with Gasteiger partial charge in [-0.2, -0.15) is 0 Å². The molecule has 2 rings (SSSR count). The first-order valence-corrected chi connectivity index (χ1v) is 9.51. The number of rotatable bonds is 7. The largest absolute Gasteiger partial charge is 0.465 e. The van der Waals surface area contributed by atoms with Crippen molar-refractivity contribution in [3.8, 4) is 0 Å². The number of hydrogen-bond donors (Lipinski definition) is 3. The predicted octanol–water partition coefficient (Wildman–Crippen LogP) is 2.20. The molecule has 0 atom stereocenters. The summed E-state index contributed by atoms with van der Waals surface area (Å²) in [6, 6.07) is 16.7. The van der Waals surface area contributed by atoms with E-state index in [1.165, 1.54) is 0 Å². The van der Waals surface area contributed by atoms with Gasteiger partial charge in [0.15, 0.2) is 5.11 Å². The van der Waals surface area contributed by atoms with E-state index in [4.69, 9.17) is 17.0 Å². The topological polar surface area (TPSA) is 96.5 Å². The molecule has 0 aliphatic carbocycles. The first kappa shape index (κ1) is 22.0. The molecule has 0 spiro atoms. The summed E-state index contributed by atoms with van der Waals surface area (Å²) in [5, 5.41) is 2.33. The van der Waals surface area contributed by atoms with Crippen LogP contribution in [-0.2, 0) is 20.7 Å². The van der Waals surface area contributed by atoms with Crippen LogP contribution in [0.1, 0.15) is 34.3 Å². The number of aryl methyl sites for hydroxylation is 1. The number of benzene rings is 2. The summed E-state index contributed by atoms with van der Waals surface area (Å²) in [6.45, 7) is 2.14. The van der Waals surface area contributed by atoms with Crippen LogP contribution in [0, 0.1) is 6.92 Å². The van der Waals surface area contributed by atoms with E-state index in [0.29, 0.717) is 12.0 Å². The van der Waals surface area contributed by atoms with Crippen molar-refractivity contribution in [3.05, 3.63) is 71.3 Å². The Kier molecular flexibility index (Phi) is 8.78. The molecule has 0 bridgehead atoms. The maximum atomic E-state index is 12.0. The fraction of sp³-hybridized carbons (Fsp3) is 0.238. The Balaban J connectivity index is 1.60. The third-order valence-electron chi connectivity index (χ3n) is 3.88. The lowest BCUT2D eigenvalue weighted by Crippen LogP contribution is -2.48. The van der Waals surface area contributed by atoms with Crippen molar-refractivity contribution in [2.45, 2.75) is 26.2 Å². The van der Waals surface area contributed by atoms with Crippen molar-refractivity contribution in [2.75, 3.05) is 6.61 Å². The van der Waals surface area contributed by atoms with Crippen LogP contribution in [0.2, 0.25) is 0 Å². The van der Waals surface area contributed by atoms with Crippen LogP contribution in [0.3, 0.4) is 0 Å². The minimum atomic E-state index is -0.456. The van der Waals surface area contributed by atoms with E-state index in [1.54, 1.807) is 18.2 Å². The molecule has 7 nitrogen and oxygen atoms in total. The summed E-state index contributed by atoms with van der Waals surface area (Å²) in [7, 11) is 0. The second kappa shape index (κ2) is 11.6. The Hall–Kier alpha value is -3.26. The minimum Gasteiger partial charge on any atom is -0.465 e. The van der Waals surface area contributed by atoms with E-state index in [2.05, 4.69) is 16.2 Å². The van der Waals surface area contributed by atoms with Gasteiger partial charge in [0.05, 0.1) is 13.0 Å². The molecular weight excluding hydrogens is 390 g/mol. The minimum absolute atomic E-state index is 0.0567. The average Bonchev–Trinajstić information content (AvgIpc) is 2.71. The Morgan fingerprint density at radius 3 is 2.45 bits per heavy atom. The maximum Gasteiger partial charge on any atom is 0.306 e. The highest BCUT2D eigenvalue weighted by Crippen LogP contribution is 2.03. The number of ether oxygens (including phenoxy) is 1. The number of nitrogens with one attached hydrogen (secondary N) is 3. The molecule has 0 unspecified atom stereocenters. The van der Waals surface area contributed by atoms with Gasteiger partial charge in [-0.15, -0.1) is 0 Å². The van der Waals surface area contributed by atoms with Gasteiger partial charge in [0.25, 0.3) is 5.91 Å². The molecule has 0 aliphatic rings. The van der Waals surface area contributed by atoms with Crippen LogP contribution in [0.5, 0.6) is 0 Å². The molecule has 0 radical (unpaired) electrons. The van der Waals surface area contributed by atoms with Crippen LogP contribution < -0.4 is 16.2 Å². The number of carbonyl (C=O) groups is 3. The SMILES string of the molecule is Cc1cccc(C(=O)NNC(=S)NC(=O)CCC(=O)OCCc2ccccc2)c1. The molecule has 2 amide bonds. The van der Waals surface area contributed by atoms with Gasteiger partial charge in [-0.05, 0) is 36.8 Å². The first-order chi connectivity index (χ1) is 13.9. The van der Waals surface area contributed by atoms with Gasteiger partial charge in [-0.3, -0.25) is 25.2 Å². The third-order valence-corrected chi connectivity index (χ3v) is 4.08. The van der Waals surface area contributed by atoms with E-state index in [0.717, 1.165) is 11.1 Å². The summed E-state index contributed by atoms with van der Waals surface area (Å²) in [6.07, 6.45) is 0.490. The van der Waals surface area contributed by atoms with Gasteiger partial charge in [0.2, 0.25) is 5.91 Å². The second-order valence-corrected chi connectivity index (χ2v) is 6.69. The fourth-order valence-corrected chi connectivity index (χ4v) is 2.57. The highest BCUT2D eigenvalue weighted by atomic mass is 32.1. The van der Waals surface area contributed by atoms with Crippen LogP contribution in [-0.4, -0.2) is 29.5 Å². The lowest BCUT2D eigenvalue weighted by Gasteiger charge is -2.11. The number of esters is 1. The molecule has 0 aliphatic heterocycles. The van der Waals surface area contributed by atoms with Gasteiger partial charge in [-0.25, -0.2) is 0 Å². The number of hydrogen-bond acceptors (Lipinski definition) is 5. The quantitative estimate of drug-likeness (QED) is 0.366. The zero-order valence-corrected chi connectivity index (χ0v) is 16.9. The van der Waals surface area contributed by atoms with Crippen molar-refractivity contribution < 1.29 is 19.1 Å². The molecule has 0 fully saturated rings. The molecule has 8 heteroatoms. The summed E-state index contributed by atoms with van der Waals surface area (Å²) in [5.41, 5.74) is 7.34. The molecule has 3 N–H and O–H groups in total. The highest BCUT2D eigenvalue weighted by Gasteiger charge is 2.11. The van der Waals surface area contributed by atoms with Gasteiger partial charge in [0, 0.05) is 18.4 Å². The average molecular weight is 413 g/mol. The van der Waals surface area contributed by atoms with Gasteiger partial charge in [0.1, 0.15) is 0 Å². The first-order valence-electron chi connectivity index (χ1n) is 9.10. The predicted molar refractivity (Wildman–Crippen MR) is 113 cm³/mol. The second-order valence-electron chi connectivity index (χ2n) is 6.28.